The molecule has 1 N–H and O–H groups in total. The van der Waals surface area contributed by atoms with Crippen molar-refractivity contribution in [1.29, 1.82) is 0 Å². The molecule has 430 valence electrons. The maximum atomic E-state index is 12.8. The van der Waals surface area contributed by atoms with Crippen LogP contribution in [0.4, 0.5) is 0 Å². The molecule has 0 aliphatic rings. The summed E-state index contributed by atoms with van der Waals surface area (Å²) in [5, 5.41) is 9.45. The van der Waals surface area contributed by atoms with Crippen molar-refractivity contribution in [3.63, 3.8) is 0 Å². The van der Waals surface area contributed by atoms with Gasteiger partial charge in [0, 0.05) is 57.5 Å². The number of aliphatic hydroxyl groups is 1. The molecule has 3 atom stereocenters. The third-order valence-electron chi connectivity index (χ3n) is 14.5. The largest absolute Gasteiger partial charge is 0.469 e. The molecule has 3 unspecified atom stereocenters. The monoisotopic (exact) mass is 1030 g/mol. The summed E-state index contributed by atoms with van der Waals surface area (Å²) in [6, 6.07) is 0. The van der Waals surface area contributed by atoms with Gasteiger partial charge in [0.05, 0.1) is 33.4 Å². The number of aliphatic hydroxyl groups excluding tert-OH is 1. The Morgan fingerprint density at radius 3 is 1.44 bits per heavy atom. The molecule has 0 bridgehead atoms. The molecule has 10 nitrogen and oxygen atoms in total. The number of nitrogens with zero attached hydrogens (tertiary/aromatic N) is 1. The quantitative estimate of drug-likeness (QED) is 0.0358. The van der Waals surface area contributed by atoms with Gasteiger partial charge in [-0.1, -0.05) is 209 Å². The number of carbonyl (C=O) groups is 3. The lowest BCUT2D eigenvalue weighted by Crippen LogP contribution is -2.32. The predicted octanol–water partition coefficient (Wildman–Crippen LogP) is 16.7. The Bertz CT molecular complexity index is 1110. The molecule has 0 heterocycles. The summed E-state index contributed by atoms with van der Waals surface area (Å²) in [5.41, 5.74) is 0. The lowest BCUT2D eigenvalue weighted by atomic mass is 9.91. The van der Waals surface area contributed by atoms with Gasteiger partial charge in [0.25, 0.3) is 0 Å². The molecule has 0 rings (SSSR count). The lowest BCUT2D eigenvalue weighted by molar-refractivity contribution is -0.160. The molecule has 0 fully saturated rings. The summed E-state index contributed by atoms with van der Waals surface area (Å²) in [4.78, 5) is 37.6. The predicted molar refractivity (Wildman–Crippen MR) is 304 cm³/mol. The third kappa shape index (κ3) is 51.9. The van der Waals surface area contributed by atoms with Crippen LogP contribution in [0.3, 0.4) is 0 Å². The average Bonchev–Trinajstić information content (AvgIpc) is 3.39. The zero-order valence-electron chi connectivity index (χ0n) is 49.2. The van der Waals surface area contributed by atoms with E-state index < -0.39 is 0 Å². The maximum Gasteiger partial charge on any atom is 0.305 e. The number of hydrogen-bond donors (Lipinski definition) is 1. The number of rotatable bonds is 56. The summed E-state index contributed by atoms with van der Waals surface area (Å²) in [5.74, 6) is 1.21. The van der Waals surface area contributed by atoms with E-state index in [9.17, 15) is 19.5 Å². The van der Waals surface area contributed by atoms with Crippen molar-refractivity contribution in [3.8, 4) is 0 Å². The zero-order chi connectivity index (χ0) is 53.4. The molecule has 0 saturated heterocycles. The Morgan fingerprint density at radius 1 is 0.444 bits per heavy atom. The smallest absolute Gasteiger partial charge is 0.305 e. The molecular weight excluding hydrogens is 903 g/mol. The van der Waals surface area contributed by atoms with Gasteiger partial charge < -0.3 is 33.7 Å². The molecule has 72 heavy (non-hydrogen) atoms. The maximum absolute atomic E-state index is 12.8. The van der Waals surface area contributed by atoms with Crippen LogP contribution in [0, 0.1) is 17.8 Å². The first-order valence-corrected chi connectivity index (χ1v) is 31.0. The van der Waals surface area contributed by atoms with Gasteiger partial charge in [-0.2, -0.15) is 0 Å². The fourth-order valence-corrected chi connectivity index (χ4v) is 8.98. The molecule has 0 aliphatic carbocycles. The average molecular weight is 1030 g/mol. The Morgan fingerprint density at radius 2 is 0.944 bits per heavy atom. The topological polar surface area (TPSA) is 121 Å². The van der Waals surface area contributed by atoms with E-state index in [0.717, 1.165) is 83.3 Å². The highest BCUT2D eigenvalue weighted by molar-refractivity contribution is 5.80. The molecule has 0 aromatic heterocycles. The van der Waals surface area contributed by atoms with Crippen LogP contribution in [-0.2, 0) is 38.1 Å². The van der Waals surface area contributed by atoms with E-state index in [4.69, 9.17) is 18.9 Å². The highest BCUT2D eigenvalue weighted by Crippen LogP contribution is 2.23. The van der Waals surface area contributed by atoms with Crippen molar-refractivity contribution in [2.24, 2.45) is 17.8 Å². The van der Waals surface area contributed by atoms with Crippen molar-refractivity contribution in [2.75, 3.05) is 66.4 Å². The fourth-order valence-electron chi connectivity index (χ4n) is 8.98. The lowest BCUT2D eigenvalue weighted by Gasteiger charge is -2.26. The van der Waals surface area contributed by atoms with Crippen LogP contribution in [0.15, 0.2) is 0 Å². The second-order valence-electron chi connectivity index (χ2n) is 21.2. The minimum Gasteiger partial charge on any atom is -0.469 e. The van der Waals surface area contributed by atoms with Crippen LogP contribution in [0.2, 0.25) is 0 Å². The Labute approximate surface area is 447 Å². The number of hydrogen-bond acceptors (Lipinski definition) is 10. The first-order chi connectivity index (χ1) is 35.1. The summed E-state index contributed by atoms with van der Waals surface area (Å²) < 4.78 is 28.8. The molecule has 0 aromatic carbocycles. The van der Waals surface area contributed by atoms with Crippen LogP contribution in [0.1, 0.15) is 292 Å². The van der Waals surface area contributed by atoms with Crippen LogP contribution in [-0.4, -0.2) is 100 Å². The van der Waals surface area contributed by atoms with Crippen LogP contribution in [0.5, 0.6) is 0 Å². The molecule has 0 spiro atoms. The molecule has 0 aromatic rings. The molecule has 0 amide bonds. The highest BCUT2D eigenvalue weighted by atomic mass is 16.7. The fraction of sp³-hybridized carbons (Fsp3) is 0.952. The first kappa shape index (κ1) is 72.5. The van der Waals surface area contributed by atoms with E-state index in [0.29, 0.717) is 64.5 Å². The van der Waals surface area contributed by atoms with Crippen molar-refractivity contribution in [1.82, 2.24) is 4.90 Å². The Hall–Kier alpha value is -1.59. The zero-order valence-corrected chi connectivity index (χ0v) is 49.2. The Kier molecular flexibility index (Phi) is 59.1. The summed E-state index contributed by atoms with van der Waals surface area (Å²) in [7, 11) is 1.40. The van der Waals surface area contributed by atoms with Crippen molar-refractivity contribution < 1.29 is 43.2 Å². The van der Waals surface area contributed by atoms with Gasteiger partial charge in [-0.15, -0.1) is 0 Å². The van der Waals surface area contributed by atoms with E-state index in [2.05, 4.69) is 44.3 Å². The SMILES string of the molecule is CCC(C)C(=O)CCCCCC(=O)OC.CCCCCCCCCC(CCCCCCC)CCN(CCCCO)CCOCC(CC)COC(=O)CCC(OCCCCCCCC)OCCCCCCCC. The number of ether oxygens (including phenoxy) is 5. The second-order valence-corrected chi connectivity index (χ2v) is 21.2. The van der Waals surface area contributed by atoms with Crippen LogP contribution >= 0.6 is 0 Å². The van der Waals surface area contributed by atoms with Gasteiger partial charge in [-0.25, -0.2) is 0 Å². The normalized spacial score (nSPS) is 12.8. The van der Waals surface area contributed by atoms with E-state index in [1.807, 2.05) is 13.8 Å². The summed E-state index contributed by atoms with van der Waals surface area (Å²) in [6.07, 6.45) is 43.2. The highest BCUT2D eigenvalue weighted by Gasteiger charge is 2.17. The van der Waals surface area contributed by atoms with Gasteiger partial charge in [0.15, 0.2) is 6.29 Å². The van der Waals surface area contributed by atoms with Gasteiger partial charge in [0.2, 0.25) is 0 Å². The van der Waals surface area contributed by atoms with Crippen LogP contribution < -0.4 is 0 Å². The number of carbonyl (C=O) groups excluding carboxylic acids is 3. The van der Waals surface area contributed by atoms with E-state index >= 15 is 0 Å². The van der Waals surface area contributed by atoms with Gasteiger partial charge >= 0.3 is 11.9 Å². The standard InChI is InChI=1S/C50H101NO6.C12H22O3/c1-6-11-15-19-22-24-28-34-48(33-27-23-18-14-9-4)37-39-51(38-29-30-41-52)40-44-54-45-47(10-5)46-57-49(53)35-36-50(55-42-31-25-20-16-12-7-2)56-43-32-26-21-17-13-8-3;1-4-10(2)11(13)8-6-5-7-9-12(14)15-3/h47-48,50,52H,6-46H2,1-5H3;10H,4-9H2,1-3H3. The first-order valence-electron chi connectivity index (χ1n) is 31.0. The van der Waals surface area contributed by atoms with Gasteiger partial charge in [-0.05, 0) is 76.8 Å². The number of Topliss-reactive ketones (excluding diaryl/α,β-unsaturated/α-hetero) is 1. The summed E-state index contributed by atoms with van der Waals surface area (Å²) >= 11 is 0. The third-order valence-corrected chi connectivity index (χ3v) is 14.5. The van der Waals surface area contributed by atoms with E-state index in [-0.39, 0.29) is 36.7 Å². The van der Waals surface area contributed by atoms with Crippen LogP contribution in [0.25, 0.3) is 0 Å². The Balaban J connectivity index is 0. The summed E-state index contributed by atoms with van der Waals surface area (Å²) in [6.45, 7) is 21.6. The minimum atomic E-state index is -0.337. The van der Waals surface area contributed by atoms with Crippen molar-refractivity contribution in [2.45, 2.75) is 299 Å². The van der Waals surface area contributed by atoms with Gasteiger partial charge in [-0.3, -0.25) is 14.4 Å². The molecule has 0 saturated carbocycles. The second kappa shape index (κ2) is 58.7. The van der Waals surface area contributed by atoms with Crippen molar-refractivity contribution in [3.05, 3.63) is 0 Å². The number of ketones is 1. The number of methoxy groups -OCH3 is 1. The van der Waals surface area contributed by atoms with E-state index in [1.165, 1.54) is 168 Å². The number of esters is 2. The van der Waals surface area contributed by atoms with Crippen molar-refractivity contribution >= 4 is 17.7 Å². The number of unbranched alkanes of at least 4 members (excludes halogenated alkanes) is 23. The van der Waals surface area contributed by atoms with E-state index in [1.54, 1.807) is 0 Å². The molecule has 0 aliphatic heterocycles. The molecule has 0 radical (unpaired) electrons. The molecular formula is C62H123NO9. The molecule has 10 heteroatoms. The van der Waals surface area contributed by atoms with Gasteiger partial charge in [0.1, 0.15) is 5.78 Å². The minimum absolute atomic E-state index is 0.164.